The van der Waals surface area contributed by atoms with Crippen LogP contribution in [0.4, 0.5) is 0 Å². The summed E-state index contributed by atoms with van der Waals surface area (Å²) in [7, 11) is 0. The minimum Gasteiger partial charge on any atom is -0.389 e. The van der Waals surface area contributed by atoms with Crippen LogP contribution >= 0.6 is 11.8 Å². The molecule has 1 atom stereocenters. The Hall–Kier alpha value is 0.270. The number of hydrogen-bond acceptors (Lipinski definition) is 3. The molecule has 0 radical (unpaired) electrons. The van der Waals surface area contributed by atoms with Crippen molar-refractivity contribution in [3.8, 4) is 0 Å². The zero-order chi connectivity index (χ0) is 11.3. The van der Waals surface area contributed by atoms with E-state index in [2.05, 4.69) is 37.4 Å². The van der Waals surface area contributed by atoms with Crippen LogP contribution in [0.25, 0.3) is 0 Å². The Balaban J connectivity index is 2.43. The first-order valence-corrected chi connectivity index (χ1v) is 7.24. The maximum Gasteiger partial charge on any atom is 0.0768 e. The number of thioether (sulfide) groups is 1. The van der Waals surface area contributed by atoms with E-state index < -0.39 is 5.60 Å². The van der Waals surface area contributed by atoms with E-state index in [0.717, 1.165) is 37.7 Å². The van der Waals surface area contributed by atoms with Crippen LogP contribution < -0.4 is 0 Å². The molecule has 0 aromatic carbocycles. The van der Waals surface area contributed by atoms with Crippen LogP contribution in [0.2, 0.25) is 0 Å². The Labute approximate surface area is 98.4 Å². The molecular formula is C12H25NOS. The maximum absolute atomic E-state index is 10.3. The van der Waals surface area contributed by atoms with E-state index in [0.29, 0.717) is 0 Å². The van der Waals surface area contributed by atoms with Crippen molar-refractivity contribution in [2.24, 2.45) is 0 Å². The highest BCUT2D eigenvalue weighted by Gasteiger charge is 2.28. The Kier molecular flexibility index (Phi) is 5.44. The fraction of sp³-hybridized carbons (Fsp3) is 1.00. The van der Waals surface area contributed by atoms with Gasteiger partial charge in [0.25, 0.3) is 0 Å². The average molecular weight is 231 g/mol. The second-order valence-electron chi connectivity index (χ2n) is 4.57. The van der Waals surface area contributed by atoms with Crippen LogP contribution in [0.1, 0.15) is 40.0 Å². The number of hydrogen-bond donors (Lipinski definition) is 1. The molecule has 1 rings (SSSR count). The largest absolute Gasteiger partial charge is 0.389 e. The van der Waals surface area contributed by atoms with Gasteiger partial charge in [0.2, 0.25) is 0 Å². The Morgan fingerprint density at radius 1 is 1.33 bits per heavy atom. The Morgan fingerprint density at radius 2 is 2.00 bits per heavy atom. The molecule has 0 bridgehead atoms. The summed E-state index contributed by atoms with van der Waals surface area (Å²) in [6, 6.07) is 0. The Bertz CT molecular complexity index is 182. The lowest BCUT2D eigenvalue weighted by Gasteiger charge is -2.37. The topological polar surface area (TPSA) is 23.5 Å². The molecule has 1 aliphatic heterocycles. The van der Waals surface area contributed by atoms with Crippen LogP contribution in [0, 0.1) is 0 Å². The van der Waals surface area contributed by atoms with Crippen molar-refractivity contribution in [2.45, 2.75) is 50.9 Å². The summed E-state index contributed by atoms with van der Waals surface area (Å²) >= 11 is 2.08. The van der Waals surface area contributed by atoms with Gasteiger partial charge in [-0.25, -0.2) is 0 Å². The van der Waals surface area contributed by atoms with Crippen molar-refractivity contribution in [3.63, 3.8) is 0 Å². The molecule has 15 heavy (non-hydrogen) atoms. The van der Waals surface area contributed by atoms with Crippen molar-refractivity contribution in [2.75, 3.05) is 25.4 Å². The van der Waals surface area contributed by atoms with Crippen molar-refractivity contribution >= 4 is 11.8 Å². The molecule has 1 heterocycles. The molecule has 0 spiro atoms. The molecule has 0 aromatic rings. The van der Waals surface area contributed by atoms with Gasteiger partial charge in [-0.05, 0) is 19.3 Å². The minimum absolute atomic E-state index is 0.458. The van der Waals surface area contributed by atoms with Crippen molar-refractivity contribution in [1.82, 2.24) is 4.90 Å². The van der Waals surface area contributed by atoms with Gasteiger partial charge in [-0.3, -0.25) is 4.90 Å². The zero-order valence-corrected chi connectivity index (χ0v) is 11.1. The highest BCUT2D eigenvalue weighted by Crippen LogP contribution is 2.24. The van der Waals surface area contributed by atoms with Crippen LogP contribution in [-0.2, 0) is 0 Å². The second-order valence-corrected chi connectivity index (χ2v) is 5.98. The van der Waals surface area contributed by atoms with E-state index in [-0.39, 0.29) is 0 Å². The molecule has 0 saturated carbocycles. The van der Waals surface area contributed by atoms with Gasteiger partial charge >= 0.3 is 0 Å². The van der Waals surface area contributed by atoms with Crippen molar-refractivity contribution in [3.05, 3.63) is 0 Å². The fourth-order valence-electron chi connectivity index (χ4n) is 2.06. The molecule has 0 aromatic heterocycles. The molecule has 0 aliphatic carbocycles. The number of nitrogens with zero attached hydrogens (tertiary/aromatic N) is 1. The first-order valence-electron chi connectivity index (χ1n) is 6.20. The molecule has 1 aliphatic rings. The van der Waals surface area contributed by atoms with E-state index >= 15 is 0 Å². The summed E-state index contributed by atoms with van der Waals surface area (Å²) in [5.74, 6) is 1.22. The third kappa shape index (κ3) is 3.97. The summed E-state index contributed by atoms with van der Waals surface area (Å²) < 4.78 is 0. The zero-order valence-electron chi connectivity index (χ0n) is 10.3. The maximum atomic E-state index is 10.3. The summed E-state index contributed by atoms with van der Waals surface area (Å²) in [6.07, 6.45) is 2.98. The van der Waals surface area contributed by atoms with Gasteiger partial charge < -0.3 is 5.11 Å². The third-order valence-electron chi connectivity index (χ3n) is 3.51. The highest BCUT2D eigenvalue weighted by molar-refractivity contribution is 8.00. The number of aliphatic hydroxyl groups is 1. The summed E-state index contributed by atoms with van der Waals surface area (Å²) in [5.41, 5.74) is -0.458. The predicted molar refractivity (Wildman–Crippen MR) is 68.5 cm³/mol. The average Bonchev–Trinajstić information content (AvgIpc) is 2.29. The molecule has 1 N–H and O–H groups in total. The lowest BCUT2D eigenvalue weighted by atomic mass is 9.96. The van der Waals surface area contributed by atoms with Gasteiger partial charge in [0.05, 0.1) is 5.60 Å². The lowest BCUT2D eigenvalue weighted by molar-refractivity contribution is -0.00254. The van der Waals surface area contributed by atoms with Crippen LogP contribution in [-0.4, -0.2) is 46.2 Å². The van der Waals surface area contributed by atoms with Crippen molar-refractivity contribution in [1.29, 1.82) is 0 Å². The minimum atomic E-state index is -0.458. The van der Waals surface area contributed by atoms with Crippen LogP contribution in [0.15, 0.2) is 0 Å². The molecular weight excluding hydrogens is 206 g/mol. The van der Waals surface area contributed by atoms with Gasteiger partial charge in [0, 0.05) is 30.6 Å². The number of β-amino-alcohol motifs (C(OH)–C–C–N with tert-alkyl or cyclic N) is 1. The van der Waals surface area contributed by atoms with Gasteiger partial charge in [-0.1, -0.05) is 20.8 Å². The van der Waals surface area contributed by atoms with E-state index in [1.165, 1.54) is 12.2 Å². The molecule has 1 saturated heterocycles. The summed E-state index contributed by atoms with van der Waals surface area (Å²) in [6.45, 7) is 9.58. The van der Waals surface area contributed by atoms with Crippen LogP contribution in [0.5, 0.6) is 0 Å². The SMILES string of the molecule is CCC1CN(CC(O)(CC)CC)CCS1. The van der Waals surface area contributed by atoms with Gasteiger partial charge in [-0.2, -0.15) is 11.8 Å². The highest BCUT2D eigenvalue weighted by atomic mass is 32.2. The van der Waals surface area contributed by atoms with E-state index in [9.17, 15) is 5.11 Å². The first-order chi connectivity index (χ1) is 7.13. The number of rotatable bonds is 5. The quantitative estimate of drug-likeness (QED) is 0.786. The first kappa shape index (κ1) is 13.3. The monoisotopic (exact) mass is 231 g/mol. The molecule has 1 unspecified atom stereocenters. The normalized spacial score (nSPS) is 24.4. The van der Waals surface area contributed by atoms with E-state index in [4.69, 9.17) is 0 Å². The molecule has 0 amide bonds. The summed E-state index contributed by atoms with van der Waals surface area (Å²) in [5, 5.41) is 11.1. The van der Waals surface area contributed by atoms with Gasteiger partial charge in [0.15, 0.2) is 0 Å². The van der Waals surface area contributed by atoms with E-state index in [1.54, 1.807) is 0 Å². The Morgan fingerprint density at radius 3 is 2.53 bits per heavy atom. The van der Waals surface area contributed by atoms with Crippen LogP contribution in [0.3, 0.4) is 0 Å². The van der Waals surface area contributed by atoms with Crippen molar-refractivity contribution < 1.29 is 5.11 Å². The molecule has 2 nitrogen and oxygen atoms in total. The van der Waals surface area contributed by atoms with E-state index in [1.807, 2.05) is 0 Å². The smallest absolute Gasteiger partial charge is 0.0768 e. The third-order valence-corrected chi connectivity index (χ3v) is 4.88. The lowest BCUT2D eigenvalue weighted by Crippen LogP contribution is -2.47. The second kappa shape index (κ2) is 6.12. The summed E-state index contributed by atoms with van der Waals surface area (Å²) in [4.78, 5) is 2.44. The standard InChI is InChI=1S/C12H25NOS/c1-4-11-9-13(7-8-15-11)10-12(14,5-2)6-3/h11,14H,4-10H2,1-3H3. The predicted octanol–water partition coefficient (Wildman–Crippen LogP) is 2.36. The molecule has 1 fully saturated rings. The fourth-order valence-corrected chi connectivity index (χ4v) is 3.31. The van der Waals surface area contributed by atoms with Gasteiger partial charge in [0.1, 0.15) is 0 Å². The molecule has 3 heteroatoms. The van der Waals surface area contributed by atoms with Gasteiger partial charge in [-0.15, -0.1) is 0 Å². The molecule has 90 valence electrons.